The van der Waals surface area contributed by atoms with Gasteiger partial charge in [-0.15, -0.1) is 0 Å². The van der Waals surface area contributed by atoms with Crippen LogP contribution in [0.4, 0.5) is 0 Å². The molecule has 9 heteroatoms. The summed E-state index contributed by atoms with van der Waals surface area (Å²) in [6.07, 6.45) is 0.986. The fraction of sp³-hybridized carbons (Fsp3) is 0. The molecule has 0 aliphatic carbocycles. The maximum atomic E-state index is 10.9. The summed E-state index contributed by atoms with van der Waals surface area (Å²) in [5, 5.41) is 0. The SMILES string of the molecule is C=Cc1cccc(S(=O)(=O)[O-])c1S(=O)(=O)[O-].[Mg+2]. The maximum Gasteiger partial charge on any atom is 2.00 e. The Bertz CT molecular complexity index is 632. The van der Waals surface area contributed by atoms with E-state index >= 15 is 0 Å². The molecule has 0 bridgehead atoms. The molecule has 0 aliphatic rings. The van der Waals surface area contributed by atoms with Crippen LogP contribution in [0.3, 0.4) is 0 Å². The Kier molecular flexibility index (Phi) is 5.31. The van der Waals surface area contributed by atoms with Gasteiger partial charge in [-0.1, -0.05) is 24.8 Å². The summed E-state index contributed by atoms with van der Waals surface area (Å²) in [5.74, 6) is 0. The molecule has 0 saturated carbocycles. The first-order valence-electron chi connectivity index (χ1n) is 3.85. The Labute approximate surface area is 115 Å². The third-order valence-electron chi connectivity index (χ3n) is 1.75. The van der Waals surface area contributed by atoms with Crippen LogP contribution in [0.5, 0.6) is 0 Å². The van der Waals surface area contributed by atoms with Crippen molar-refractivity contribution in [2.24, 2.45) is 0 Å². The van der Waals surface area contributed by atoms with Crippen molar-refractivity contribution in [2.45, 2.75) is 9.79 Å². The van der Waals surface area contributed by atoms with Crippen LogP contribution in [0.2, 0.25) is 0 Å². The smallest absolute Gasteiger partial charge is 0.744 e. The summed E-state index contributed by atoms with van der Waals surface area (Å²) in [5.41, 5.74) is -0.216. The molecular formula is C8H6MgO6S2. The molecule has 0 atom stereocenters. The molecule has 0 spiro atoms. The van der Waals surface area contributed by atoms with Gasteiger partial charge in [0, 0.05) is 0 Å². The predicted octanol–water partition coefficient (Wildman–Crippen LogP) is -0.243. The molecule has 0 N–H and O–H groups in total. The molecule has 1 rings (SSSR count). The van der Waals surface area contributed by atoms with Crippen molar-refractivity contribution in [3.8, 4) is 0 Å². The second-order valence-electron chi connectivity index (χ2n) is 2.79. The normalized spacial score (nSPS) is 11.6. The van der Waals surface area contributed by atoms with Gasteiger partial charge < -0.3 is 9.11 Å². The van der Waals surface area contributed by atoms with Gasteiger partial charge in [0.25, 0.3) is 0 Å². The van der Waals surface area contributed by atoms with Gasteiger partial charge in [-0.3, -0.25) is 0 Å². The molecule has 0 aromatic heterocycles. The number of rotatable bonds is 3. The maximum absolute atomic E-state index is 10.9. The minimum atomic E-state index is -5.06. The van der Waals surface area contributed by atoms with Gasteiger partial charge >= 0.3 is 23.1 Å². The van der Waals surface area contributed by atoms with Crippen molar-refractivity contribution in [1.82, 2.24) is 0 Å². The Morgan fingerprint density at radius 3 is 1.94 bits per heavy atom. The van der Waals surface area contributed by atoms with Crippen LogP contribution in [0.1, 0.15) is 5.56 Å². The first-order chi connectivity index (χ1) is 7.18. The molecule has 0 unspecified atom stereocenters. The van der Waals surface area contributed by atoms with E-state index in [1.54, 1.807) is 0 Å². The largest absolute Gasteiger partial charge is 2.00 e. The average molecular weight is 287 g/mol. The van der Waals surface area contributed by atoms with Crippen molar-refractivity contribution in [3.05, 3.63) is 30.3 Å². The van der Waals surface area contributed by atoms with Crippen LogP contribution < -0.4 is 0 Å². The summed E-state index contributed by atoms with van der Waals surface area (Å²) in [6, 6.07) is 3.09. The molecule has 0 amide bonds. The predicted molar refractivity (Wildman–Crippen MR) is 58.2 cm³/mol. The van der Waals surface area contributed by atoms with Crippen LogP contribution in [0.25, 0.3) is 6.08 Å². The van der Waals surface area contributed by atoms with Crippen LogP contribution >= 0.6 is 0 Å². The zero-order valence-corrected chi connectivity index (χ0v) is 11.5. The monoisotopic (exact) mass is 286 g/mol. The zero-order chi connectivity index (χ0) is 12.6. The van der Waals surface area contributed by atoms with E-state index in [0.29, 0.717) is 0 Å². The van der Waals surface area contributed by atoms with Crippen molar-refractivity contribution >= 4 is 49.4 Å². The van der Waals surface area contributed by atoms with Crippen LogP contribution in [0.15, 0.2) is 34.6 Å². The van der Waals surface area contributed by atoms with Gasteiger partial charge in [0.2, 0.25) is 0 Å². The number of hydrogen-bond acceptors (Lipinski definition) is 6. The third kappa shape index (κ3) is 3.76. The van der Waals surface area contributed by atoms with Gasteiger partial charge in [0.05, 0.1) is 9.79 Å². The molecule has 0 saturated heterocycles. The molecule has 0 heterocycles. The minimum absolute atomic E-state index is 0. The second kappa shape index (κ2) is 5.46. The van der Waals surface area contributed by atoms with Crippen molar-refractivity contribution in [3.63, 3.8) is 0 Å². The molecule has 6 nitrogen and oxygen atoms in total. The first kappa shape index (κ1) is 16.5. The molecule has 0 radical (unpaired) electrons. The Morgan fingerprint density at radius 1 is 1.06 bits per heavy atom. The first-order valence-corrected chi connectivity index (χ1v) is 6.67. The summed E-state index contributed by atoms with van der Waals surface area (Å²) in [6.45, 7) is 3.23. The number of benzene rings is 1. The van der Waals surface area contributed by atoms with Crippen molar-refractivity contribution < 1.29 is 25.9 Å². The van der Waals surface area contributed by atoms with Gasteiger partial charge in [0.15, 0.2) is 0 Å². The van der Waals surface area contributed by atoms with E-state index in [4.69, 9.17) is 0 Å². The van der Waals surface area contributed by atoms with Crippen molar-refractivity contribution in [1.29, 1.82) is 0 Å². The third-order valence-corrected chi connectivity index (χ3v) is 3.71. The van der Waals surface area contributed by atoms with Crippen LogP contribution in [-0.2, 0) is 20.2 Å². The van der Waals surface area contributed by atoms with E-state index in [2.05, 4.69) is 6.58 Å². The molecule has 17 heavy (non-hydrogen) atoms. The zero-order valence-electron chi connectivity index (χ0n) is 8.49. The topological polar surface area (TPSA) is 114 Å². The van der Waals surface area contributed by atoms with E-state index in [1.807, 2.05) is 0 Å². The van der Waals surface area contributed by atoms with Crippen LogP contribution in [-0.4, -0.2) is 49.0 Å². The van der Waals surface area contributed by atoms with Gasteiger partial charge in [0.1, 0.15) is 20.2 Å². The number of hydrogen-bond donors (Lipinski definition) is 0. The summed E-state index contributed by atoms with van der Waals surface area (Å²) >= 11 is 0. The van der Waals surface area contributed by atoms with Gasteiger partial charge in [-0.2, -0.15) is 0 Å². The van der Waals surface area contributed by atoms with Gasteiger partial charge in [-0.05, 0) is 11.6 Å². The standard InChI is InChI=1S/C8H8O6S2.Mg/c1-2-6-4-3-5-7(15(9,10)11)8(6)16(12,13)14;/h2-5H,1H2,(H,9,10,11)(H,12,13,14);/q;+2/p-2. The van der Waals surface area contributed by atoms with Crippen molar-refractivity contribution in [2.75, 3.05) is 0 Å². The Morgan fingerprint density at radius 2 is 1.59 bits per heavy atom. The van der Waals surface area contributed by atoms with E-state index in [1.165, 1.54) is 6.07 Å². The average Bonchev–Trinajstić information content (AvgIpc) is 2.13. The molecular weight excluding hydrogens is 281 g/mol. The van der Waals surface area contributed by atoms with Gasteiger partial charge in [-0.25, -0.2) is 16.8 Å². The summed E-state index contributed by atoms with van der Waals surface area (Å²) in [7, 11) is -10.1. The minimum Gasteiger partial charge on any atom is -0.744 e. The Balaban J connectivity index is 0.00000256. The van der Waals surface area contributed by atoms with E-state index in [9.17, 15) is 25.9 Å². The van der Waals surface area contributed by atoms with E-state index < -0.39 is 30.0 Å². The molecule has 0 aliphatic heterocycles. The molecule has 1 aromatic carbocycles. The fourth-order valence-corrected chi connectivity index (χ4v) is 3.11. The van der Waals surface area contributed by atoms with E-state index in [-0.39, 0.29) is 28.6 Å². The summed E-state index contributed by atoms with van der Waals surface area (Å²) in [4.78, 5) is -2.11. The second-order valence-corrected chi connectivity index (χ2v) is 5.45. The quantitative estimate of drug-likeness (QED) is 0.559. The van der Waals surface area contributed by atoms with Crippen LogP contribution in [0, 0.1) is 0 Å². The summed E-state index contributed by atoms with van der Waals surface area (Å²) < 4.78 is 64.9. The fourth-order valence-electron chi connectivity index (χ4n) is 1.16. The molecule has 88 valence electrons. The Hall–Kier alpha value is -0.454. The molecule has 0 fully saturated rings. The molecule has 1 aromatic rings. The van der Waals surface area contributed by atoms with E-state index in [0.717, 1.165) is 18.2 Å².